The molecule has 0 amide bonds. The van der Waals surface area contributed by atoms with Gasteiger partial charge in [0.15, 0.2) is 0 Å². The molecule has 1 aliphatic rings. The van der Waals surface area contributed by atoms with Crippen molar-refractivity contribution in [2.45, 2.75) is 37.0 Å². The van der Waals surface area contributed by atoms with Crippen molar-refractivity contribution in [3.8, 4) is 5.75 Å². The van der Waals surface area contributed by atoms with Crippen molar-refractivity contribution in [2.75, 3.05) is 12.9 Å². The maximum Gasteiger partial charge on any atom is 0.304 e. The molecule has 1 aromatic carbocycles. The number of pyridine rings is 1. The summed E-state index contributed by atoms with van der Waals surface area (Å²) < 4.78 is 5.33. The fourth-order valence-corrected chi connectivity index (χ4v) is 4.09. The van der Waals surface area contributed by atoms with Gasteiger partial charge in [-0.05, 0) is 49.4 Å². The molecule has 0 radical (unpaired) electrons. The summed E-state index contributed by atoms with van der Waals surface area (Å²) in [6, 6.07) is 5.93. The molecule has 0 unspecified atom stereocenters. The van der Waals surface area contributed by atoms with E-state index in [1.54, 1.807) is 18.9 Å². The summed E-state index contributed by atoms with van der Waals surface area (Å²) in [5.41, 5.74) is 3.46. The Morgan fingerprint density at radius 3 is 2.95 bits per heavy atom. The second-order valence-electron chi connectivity index (χ2n) is 5.45. The number of thioether (sulfide) groups is 1. The quantitative estimate of drug-likeness (QED) is 0.852. The molecular weight excluding hydrogens is 298 g/mol. The van der Waals surface area contributed by atoms with Crippen molar-refractivity contribution in [3.05, 3.63) is 29.5 Å². The average Bonchev–Trinajstić information content (AvgIpc) is 2.53. The molecule has 1 aromatic heterocycles. The number of carboxylic acids is 1. The molecule has 4 nitrogen and oxygen atoms in total. The molecule has 0 aliphatic heterocycles. The lowest BCUT2D eigenvalue weighted by atomic mass is 9.94. The summed E-state index contributed by atoms with van der Waals surface area (Å²) in [6.07, 6.45) is 4.58. The molecule has 0 bridgehead atoms. The molecule has 0 atom stereocenters. The van der Waals surface area contributed by atoms with Crippen LogP contribution in [0.1, 0.15) is 30.5 Å². The zero-order valence-electron chi connectivity index (χ0n) is 12.6. The van der Waals surface area contributed by atoms with Crippen molar-refractivity contribution in [1.82, 2.24) is 4.98 Å². The summed E-state index contributed by atoms with van der Waals surface area (Å²) in [6.45, 7) is 0. The maximum absolute atomic E-state index is 10.8. The van der Waals surface area contributed by atoms with Crippen molar-refractivity contribution < 1.29 is 14.6 Å². The van der Waals surface area contributed by atoms with Gasteiger partial charge in [-0.2, -0.15) is 0 Å². The van der Waals surface area contributed by atoms with Crippen LogP contribution in [0.25, 0.3) is 10.9 Å². The number of carboxylic acid groups (broad SMARTS) is 1. The fourth-order valence-electron chi connectivity index (χ4n) is 2.89. The van der Waals surface area contributed by atoms with E-state index in [9.17, 15) is 4.79 Å². The zero-order valence-corrected chi connectivity index (χ0v) is 13.4. The van der Waals surface area contributed by atoms with Gasteiger partial charge < -0.3 is 9.84 Å². The summed E-state index contributed by atoms with van der Waals surface area (Å²) in [4.78, 5) is 16.8. The van der Waals surface area contributed by atoms with Gasteiger partial charge in [0.05, 0.1) is 19.0 Å². The number of carbonyl (C=O) groups is 1. The van der Waals surface area contributed by atoms with Crippen molar-refractivity contribution >= 4 is 28.6 Å². The van der Waals surface area contributed by atoms with Gasteiger partial charge in [-0.25, -0.2) is 0 Å². The Bertz CT molecular complexity index is 715. The summed E-state index contributed by atoms with van der Waals surface area (Å²) in [5.74, 6) is 0.639. The van der Waals surface area contributed by atoms with Gasteiger partial charge >= 0.3 is 5.97 Å². The van der Waals surface area contributed by atoms with Gasteiger partial charge in [-0.3, -0.25) is 9.78 Å². The van der Waals surface area contributed by atoms with Crippen molar-refractivity contribution in [3.63, 3.8) is 0 Å². The van der Waals surface area contributed by atoms with E-state index in [-0.39, 0.29) is 6.42 Å². The molecule has 0 fully saturated rings. The highest BCUT2D eigenvalue weighted by Crippen LogP contribution is 2.37. The minimum atomic E-state index is -0.752. The molecular formula is C17H19NO3S. The number of benzene rings is 1. The van der Waals surface area contributed by atoms with Crippen LogP contribution in [-0.4, -0.2) is 28.9 Å². The molecule has 0 saturated carbocycles. The summed E-state index contributed by atoms with van der Waals surface area (Å²) >= 11 is 1.64. The van der Waals surface area contributed by atoms with E-state index >= 15 is 0 Å². The van der Waals surface area contributed by atoms with Gasteiger partial charge in [-0.15, -0.1) is 11.8 Å². The first-order valence-corrected chi connectivity index (χ1v) is 8.51. The van der Waals surface area contributed by atoms with Crippen molar-refractivity contribution in [2.24, 2.45) is 0 Å². The number of hydrogen-bond donors (Lipinski definition) is 1. The number of rotatable bonds is 5. The standard InChI is InChI=1S/C17H19NO3S/c1-21-11-6-7-15-13(10-11)17(22-9-8-16(19)20)12-4-2-3-5-14(12)18-15/h6-7,10H,2-5,8-9H2,1H3,(H,19,20). The Kier molecular flexibility index (Phi) is 4.52. The number of aromatic nitrogens is 1. The number of hydrogen-bond acceptors (Lipinski definition) is 4. The second-order valence-corrected chi connectivity index (χ2v) is 6.55. The average molecular weight is 317 g/mol. The lowest BCUT2D eigenvalue weighted by Gasteiger charge is -2.20. The highest BCUT2D eigenvalue weighted by molar-refractivity contribution is 7.99. The highest BCUT2D eigenvalue weighted by atomic mass is 32.2. The van der Waals surface area contributed by atoms with E-state index in [4.69, 9.17) is 14.8 Å². The van der Waals surface area contributed by atoms with Gasteiger partial charge in [0.2, 0.25) is 0 Å². The summed E-state index contributed by atoms with van der Waals surface area (Å²) in [5, 5.41) is 9.96. The second kappa shape index (κ2) is 6.57. The van der Waals surface area contributed by atoms with Gasteiger partial charge in [0, 0.05) is 21.7 Å². The zero-order chi connectivity index (χ0) is 15.5. The minimum Gasteiger partial charge on any atom is -0.497 e. The smallest absolute Gasteiger partial charge is 0.304 e. The molecule has 22 heavy (non-hydrogen) atoms. The highest BCUT2D eigenvalue weighted by Gasteiger charge is 2.19. The van der Waals surface area contributed by atoms with Crippen LogP contribution >= 0.6 is 11.8 Å². The van der Waals surface area contributed by atoms with Crippen LogP contribution in [0, 0.1) is 0 Å². The van der Waals surface area contributed by atoms with Gasteiger partial charge in [0.1, 0.15) is 5.75 Å². The summed E-state index contributed by atoms with van der Waals surface area (Å²) in [7, 11) is 1.66. The minimum absolute atomic E-state index is 0.174. The van der Waals surface area contributed by atoms with Crippen LogP contribution in [0.3, 0.4) is 0 Å². The largest absolute Gasteiger partial charge is 0.497 e. The Labute approximate surface area is 133 Å². The Hall–Kier alpha value is -1.75. The lowest BCUT2D eigenvalue weighted by molar-refractivity contribution is -0.136. The Morgan fingerprint density at radius 2 is 2.18 bits per heavy atom. The number of methoxy groups -OCH3 is 1. The number of ether oxygens (including phenoxy) is 1. The topological polar surface area (TPSA) is 59.4 Å². The number of aliphatic carboxylic acids is 1. The third kappa shape index (κ3) is 3.04. The predicted molar refractivity (Wildman–Crippen MR) is 87.9 cm³/mol. The van der Waals surface area contributed by atoms with E-state index in [2.05, 4.69) is 0 Å². The lowest BCUT2D eigenvalue weighted by Crippen LogP contribution is -2.08. The molecule has 3 rings (SSSR count). The Balaban J connectivity index is 2.08. The van der Waals surface area contributed by atoms with Gasteiger partial charge in [-0.1, -0.05) is 0 Å². The predicted octanol–water partition coefficient (Wildman–Crippen LogP) is 3.69. The number of fused-ring (bicyclic) bond motifs is 2. The van der Waals surface area contributed by atoms with Crippen LogP contribution in [0.15, 0.2) is 23.1 Å². The SMILES string of the molecule is COc1ccc2nc3c(c(SCCC(=O)O)c2c1)CCCC3. The molecule has 1 heterocycles. The van der Waals surface area contributed by atoms with Crippen LogP contribution in [-0.2, 0) is 17.6 Å². The van der Waals surface area contributed by atoms with E-state index in [0.717, 1.165) is 29.5 Å². The van der Waals surface area contributed by atoms with E-state index in [0.29, 0.717) is 5.75 Å². The first-order valence-electron chi connectivity index (χ1n) is 7.53. The monoisotopic (exact) mass is 317 g/mol. The molecule has 1 N–H and O–H groups in total. The number of nitrogens with zero attached hydrogens (tertiary/aromatic N) is 1. The van der Waals surface area contributed by atoms with E-state index in [1.807, 2.05) is 18.2 Å². The van der Waals surface area contributed by atoms with E-state index in [1.165, 1.54) is 29.0 Å². The van der Waals surface area contributed by atoms with Crippen LogP contribution < -0.4 is 4.74 Å². The first kappa shape index (κ1) is 15.2. The molecule has 2 aromatic rings. The molecule has 5 heteroatoms. The van der Waals surface area contributed by atoms with Gasteiger partial charge in [0.25, 0.3) is 0 Å². The third-order valence-electron chi connectivity index (χ3n) is 3.98. The normalized spacial score (nSPS) is 13.9. The van der Waals surface area contributed by atoms with Crippen LogP contribution in [0.4, 0.5) is 0 Å². The molecule has 1 aliphatic carbocycles. The molecule has 0 spiro atoms. The molecule has 116 valence electrons. The maximum atomic E-state index is 10.8. The van der Waals surface area contributed by atoms with Crippen LogP contribution in [0.5, 0.6) is 5.75 Å². The number of aryl methyl sites for hydroxylation is 1. The Morgan fingerprint density at radius 1 is 1.36 bits per heavy atom. The van der Waals surface area contributed by atoms with Crippen LogP contribution in [0.2, 0.25) is 0 Å². The first-order chi connectivity index (χ1) is 10.7. The third-order valence-corrected chi connectivity index (χ3v) is 5.14. The van der Waals surface area contributed by atoms with E-state index < -0.39 is 5.97 Å². The molecule has 0 saturated heterocycles. The van der Waals surface area contributed by atoms with Crippen molar-refractivity contribution in [1.29, 1.82) is 0 Å². The fraction of sp³-hybridized carbons (Fsp3) is 0.412.